The molecule has 2 atom stereocenters. The Labute approximate surface area is 157 Å². The predicted molar refractivity (Wildman–Crippen MR) is 104 cm³/mol. The van der Waals surface area contributed by atoms with Gasteiger partial charge in [0, 0.05) is 18.0 Å². The van der Waals surface area contributed by atoms with Crippen molar-refractivity contribution in [3.05, 3.63) is 77.4 Å². The third-order valence-electron chi connectivity index (χ3n) is 4.87. The van der Waals surface area contributed by atoms with Crippen LogP contribution in [0.15, 0.2) is 60.7 Å². The SMILES string of the molecule is N#Cc1c(C2CNNC2c2ccccc2)cc(-c2cccc(O)c2)nc1N. The summed E-state index contributed by atoms with van der Waals surface area (Å²) in [7, 11) is 0. The molecule has 1 aliphatic heterocycles. The number of benzene rings is 2. The van der Waals surface area contributed by atoms with Crippen LogP contribution in [0.25, 0.3) is 11.3 Å². The Bertz CT molecular complexity index is 1010. The van der Waals surface area contributed by atoms with Crippen LogP contribution < -0.4 is 16.6 Å². The van der Waals surface area contributed by atoms with Crippen LogP contribution in [0.2, 0.25) is 0 Å². The Hall–Kier alpha value is -3.40. The highest BCUT2D eigenvalue weighted by Crippen LogP contribution is 2.38. The summed E-state index contributed by atoms with van der Waals surface area (Å²) in [4.78, 5) is 4.39. The van der Waals surface area contributed by atoms with Crippen LogP contribution in [0.1, 0.15) is 28.7 Å². The van der Waals surface area contributed by atoms with Gasteiger partial charge in [-0.05, 0) is 29.3 Å². The molecule has 0 radical (unpaired) electrons. The highest BCUT2D eigenvalue weighted by molar-refractivity contribution is 5.68. The van der Waals surface area contributed by atoms with Crippen molar-refractivity contribution in [3.8, 4) is 23.1 Å². The Morgan fingerprint density at radius 2 is 1.93 bits per heavy atom. The minimum Gasteiger partial charge on any atom is -0.508 e. The largest absolute Gasteiger partial charge is 0.508 e. The fraction of sp³-hybridized carbons (Fsp3) is 0.143. The summed E-state index contributed by atoms with van der Waals surface area (Å²) >= 11 is 0. The molecule has 134 valence electrons. The van der Waals surface area contributed by atoms with Gasteiger partial charge in [-0.1, -0.05) is 42.5 Å². The third kappa shape index (κ3) is 3.22. The molecule has 0 saturated carbocycles. The highest BCUT2D eigenvalue weighted by atomic mass is 16.3. The van der Waals surface area contributed by atoms with Gasteiger partial charge in [0.05, 0.1) is 17.3 Å². The molecule has 5 N–H and O–H groups in total. The molecule has 3 aromatic rings. The number of nitrogens with one attached hydrogen (secondary N) is 2. The number of phenolic OH excluding ortho intramolecular Hbond substituents is 1. The van der Waals surface area contributed by atoms with Crippen LogP contribution in [0, 0.1) is 11.3 Å². The van der Waals surface area contributed by atoms with Gasteiger partial charge in [-0.15, -0.1) is 0 Å². The van der Waals surface area contributed by atoms with Gasteiger partial charge in [-0.2, -0.15) is 5.26 Å². The molecular weight excluding hydrogens is 338 g/mol. The summed E-state index contributed by atoms with van der Waals surface area (Å²) in [5, 5.41) is 19.5. The van der Waals surface area contributed by atoms with Crippen LogP contribution in [-0.4, -0.2) is 16.6 Å². The molecular formula is C21H19N5O. The van der Waals surface area contributed by atoms with Crippen molar-refractivity contribution in [1.29, 1.82) is 5.26 Å². The predicted octanol–water partition coefficient (Wildman–Crippen LogP) is 2.84. The zero-order valence-electron chi connectivity index (χ0n) is 14.6. The van der Waals surface area contributed by atoms with Crippen LogP contribution in [0.4, 0.5) is 5.82 Å². The minimum atomic E-state index is 0.0112. The number of nitrogens with two attached hydrogens (primary N) is 1. The van der Waals surface area contributed by atoms with Crippen LogP contribution in [-0.2, 0) is 0 Å². The molecule has 0 amide bonds. The van der Waals surface area contributed by atoms with Crippen molar-refractivity contribution in [2.75, 3.05) is 12.3 Å². The molecule has 27 heavy (non-hydrogen) atoms. The molecule has 1 fully saturated rings. The van der Waals surface area contributed by atoms with Gasteiger partial charge in [-0.25, -0.2) is 10.4 Å². The summed E-state index contributed by atoms with van der Waals surface area (Å²) in [5.74, 6) is 0.376. The van der Waals surface area contributed by atoms with E-state index in [1.807, 2.05) is 30.3 Å². The number of rotatable bonds is 3. The minimum absolute atomic E-state index is 0.0112. The summed E-state index contributed by atoms with van der Waals surface area (Å²) in [5.41, 5.74) is 16.4. The lowest BCUT2D eigenvalue weighted by molar-refractivity contribution is 0.475. The molecule has 2 unspecified atom stereocenters. The van der Waals surface area contributed by atoms with Crippen LogP contribution >= 0.6 is 0 Å². The number of aromatic hydroxyl groups is 1. The molecule has 0 spiro atoms. The van der Waals surface area contributed by atoms with E-state index in [1.54, 1.807) is 18.2 Å². The van der Waals surface area contributed by atoms with E-state index in [-0.39, 0.29) is 23.5 Å². The molecule has 4 rings (SSSR count). The highest BCUT2D eigenvalue weighted by Gasteiger charge is 2.32. The number of aromatic nitrogens is 1. The van der Waals surface area contributed by atoms with Gasteiger partial charge < -0.3 is 10.8 Å². The molecule has 6 nitrogen and oxygen atoms in total. The number of phenols is 1. The fourth-order valence-corrected chi connectivity index (χ4v) is 3.58. The lowest BCUT2D eigenvalue weighted by atomic mass is 9.86. The van der Waals surface area contributed by atoms with E-state index in [0.29, 0.717) is 17.8 Å². The number of nitriles is 1. The number of nitrogen functional groups attached to an aromatic ring is 1. The quantitative estimate of drug-likeness (QED) is 0.574. The average Bonchev–Trinajstić information content (AvgIpc) is 3.18. The van der Waals surface area contributed by atoms with Crippen molar-refractivity contribution in [2.45, 2.75) is 12.0 Å². The number of hydrazine groups is 1. The Kier molecular flexibility index (Phi) is 4.47. The van der Waals surface area contributed by atoms with Crippen molar-refractivity contribution >= 4 is 5.82 Å². The van der Waals surface area contributed by atoms with Crippen molar-refractivity contribution in [1.82, 2.24) is 15.8 Å². The standard InChI is InChI=1S/C21H19N5O/c22-11-17-16(18-12-24-26-20(18)13-5-2-1-3-6-13)10-19(25-21(17)23)14-7-4-8-15(27)9-14/h1-10,18,20,24,26-27H,12H2,(H2,23,25). The molecule has 0 bridgehead atoms. The number of anilines is 1. The maximum atomic E-state index is 9.78. The van der Waals surface area contributed by atoms with Gasteiger partial charge >= 0.3 is 0 Å². The summed E-state index contributed by atoms with van der Waals surface area (Å²) in [6.07, 6.45) is 0. The smallest absolute Gasteiger partial charge is 0.142 e. The average molecular weight is 357 g/mol. The first-order valence-corrected chi connectivity index (χ1v) is 8.70. The molecule has 1 aliphatic rings. The maximum absolute atomic E-state index is 9.78. The first kappa shape index (κ1) is 17.0. The second kappa shape index (κ2) is 7.08. The summed E-state index contributed by atoms with van der Waals surface area (Å²) in [6.45, 7) is 0.664. The van der Waals surface area contributed by atoms with Crippen LogP contribution in [0.3, 0.4) is 0 Å². The molecule has 2 heterocycles. The first-order chi connectivity index (χ1) is 13.2. The maximum Gasteiger partial charge on any atom is 0.142 e. The molecule has 1 saturated heterocycles. The second-order valence-corrected chi connectivity index (χ2v) is 6.54. The Balaban J connectivity index is 1.83. The number of hydrogen-bond donors (Lipinski definition) is 4. The lowest BCUT2D eigenvalue weighted by Crippen LogP contribution is -2.24. The second-order valence-electron chi connectivity index (χ2n) is 6.54. The van der Waals surface area contributed by atoms with E-state index < -0.39 is 0 Å². The van der Waals surface area contributed by atoms with E-state index in [4.69, 9.17) is 5.73 Å². The van der Waals surface area contributed by atoms with E-state index in [1.165, 1.54) is 0 Å². The van der Waals surface area contributed by atoms with E-state index >= 15 is 0 Å². The fourth-order valence-electron chi connectivity index (χ4n) is 3.58. The van der Waals surface area contributed by atoms with Gasteiger partial charge in [-0.3, -0.25) is 5.43 Å². The Morgan fingerprint density at radius 3 is 2.67 bits per heavy atom. The number of pyridine rings is 1. The van der Waals surface area contributed by atoms with Crippen LogP contribution in [0.5, 0.6) is 5.75 Å². The zero-order chi connectivity index (χ0) is 18.8. The van der Waals surface area contributed by atoms with Gasteiger partial charge in [0.25, 0.3) is 0 Å². The van der Waals surface area contributed by atoms with E-state index in [9.17, 15) is 10.4 Å². The Morgan fingerprint density at radius 1 is 1.11 bits per heavy atom. The zero-order valence-corrected chi connectivity index (χ0v) is 14.6. The first-order valence-electron chi connectivity index (χ1n) is 8.70. The van der Waals surface area contributed by atoms with Crippen molar-refractivity contribution < 1.29 is 5.11 Å². The lowest BCUT2D eigenvalue weighted by Gasteiger charge is -2.21. The molecule has 0 aliphatic carbocycles. The summed E-state index contributed by atoms with van der Waals surface area (Å²) in [6, 6.07) is 21.1. The summed E-state index contributed by atoms with van der Waals surface area (Å²) < 4.78 is 0. The van der Waals surface area contributed by atoms with Gasteiger partial charge in [0.1, 0.15) is 17.6 Å². The normalized spacial score (nSPS) is 18.9. The molecule has 2 aromatic carbocycles. The number of hydrogen-bond acceptors (Lipinski definition) is 6. The van der Waals surface area contributed by atoms with E-state index in [2.05, 4.69) is 34.0 Å². The monoisotopic (exact) mass is 357 g/mol. The van der Waals surface area contributed by atoms with Gasteiger partial charge in [0.2, 0.25) is 0 Å². The topological polar surface area (TPSA) is 107 Å². The molecule has 6 heteroatoms. The van der Waals surface area contributed by atoms with Crippen molar-refractivity contribution in [3.63, 3.8) is 0 Å². The number of nitrogens with zero attached hydrogens (tertiary/aromatic N) is 2. The molecule has 1 aromatic heterocycles. The van der Waals surface area contributed by atoms with Crippen molar-refractivity contribution in [2.24, 2.45) is 0 Å². The van der Waals surface area contributed by atoms with E-state index in [0.717, 1.165) is 16.7 Å². The third-order valence-corrected chi connectivity index (χ3v) is 4.87. The van der Waals surface area contributed by atoms with Gasteiger partial charge in [0.15, 0.2) is 0 Å².